The van der Waals surface area contributed by atoms with Crippen molar-refractivity contribution < 1.29 is 5.11 Å². The van der Waals surface area contributed by atoms with Crippen LogP contribution < -0.4 is 5.32 Å². The van der Waals surface area contributed by atoms with Gasteiger partial charge >= 0.3 is 0 Å². The first-order chi connectivity index (χ1) is 7.81. The second-order valence-electron chi connectivity index (χ2n) is 3.93. The summed E-state index contributed by atoms with van der Waals surface area (Å²) in [6, 6.07) is 14.3. The smallest absolute Gasteiger partial charge is 0.0914 e. The highest BCUT2D eigenvalue weighted by atomic mass is 16.3. The van der Waals surface area contributed by atoms with Crippen LogP contribution in [0, 0.1) is 0 Å². The molecule has 2 aromatic carbocycles. The minimum atomic E-state index is -0.426. The molecular weight excluding hydrogens is 198 g/mol. The minimum absolute atomic E-state index is 0.426. The molecule has 2 N–H and O–H groups in total. The standard InChI is InChI=1S/C14H17NO/c1-2-15-10-14(16)13-8-7-11-5-3-4-6-12(11)9-13/h3-9,14-16H,2,10H2,1H3. The summed E-state index contributed by atoms with van der Waals surface area (Å²) in [5.41, 5.74) is 0.972. The second-order valence-corrected chi connectivity index (χ2v) is 3.93. The third kappa shape index (κ3) is 2.40. The Morgan fingerprint density at radius 2 is 1.88 bits per heavy atom. The molecule has 0 aliphatic rings. The summed E-state index contributed by atoms with van der Waals surface area (Å²) in [4.78, 5) is 0. The van der Waals surface area contributed by atoms with Crippen molar-refractivity contribution >= 4 is 10.8 Å². The first-order valence-electron chi connectivity index (χ1n) is 5.68. The molecule has 0 bridgehead atoms. The lowest BCUT2D eigenvalue weighted by atomic mass is 10.0. The zero-order valence-corrected chi connectivity index (χ0v) is 9.48. The first kappa shape index (κ1) is 11.1. The van der Waals surface area contributed by atoms with Gasteiger partial charge in [-0.2, -0.15) is 0 Å². The Morgan fingerprint density at radius 1 is 1.12 bits per heavy atom. The molecule has 2 heteroatoms. The van der Waals surface area contributed by atoms with Crippen LogP contribution in [0.5, 0.6) is 0 Å². The van der Waals surface area contributed by atoms with Gasteiger partial charge in [-0.3, -0.25) is 0 Å². The third-order valence-corrected chi connectivity index (χ3v) is 2.75. The molecule has 2 aromatic rings. The summed E-state index contributed by atoms with van der Waals surface area (Å²) in [6.45, 7) is 3.52. The lowest BCUT2D eigenvalue weighted by molar-refractivity contribution is 0.176. The summed E-state index contributed by atoms with van der Waals surface area (Å²) < 4.78 is 0. The van der Waals surface area contributed by atoms with Crippen molar-refractivity contribution in [2.24, 2.45) is 0 Å². The van der Waals surface area contributed by atoms with E-state index < -0.39 is 6.10 Å². The molecule has 0 aliphatic heterocycles. The van der Waals surface area contributed by atoms with E-state index in [0.717, 1.165) is 12.1 Å². The molecule has 0 aromatic heterocycles. The lowest BCUT2D eigenvalue weighted by Crippen LogP contribution is -2.20. The highest BCUT2D eigenvalue weighted by Gasteiger charge is 2.06. The normalized spacial score (nSPS) is 12.9. The Balaban J connectivity index is 2.25. The maximum atomic E-state index is 9.95. The van der Waals surface area contributed by atoms with Gasteiger partial charge in [0.05, 0.1) is 6.10 Å². The van der Waals surface area contributed by atoms with Crippen molar-refractivity contribution in [1.82, 2.24) is 5.32 Å². The molecule has 2 rings (SSSR count). The fourth-order valence-corrected chi connectivity index (χ4v) is 1.81. The summed E-state index contributed by atoms with van der Waals surface area (Å²) >= 11 is 0. The molecule has 1 atom stereocenters. The molecule has 0 saturated heterocycles. The number of aliphatic hydroxyl groups is 1. The Morgan fingerprint density at radius 3 is 2.62 bits per heavy atom. The van der Waals surface area contributed by atoms with Gasteiger partial charge in [0.25, 0.3) is 0 Å². The van der Waals surface area contributed by atoms with Crippen LogP contribution in [0.4, 0.5) is 0 Å². The Labute approximate surface area is 95.9 Å². The maximum absolute atomic E-state index is 9.95. The van der Waals surface area contributed by atoms with Gasteiger partial charge in [0.1, 0.15) is 0 Å². The van der Waals surface area contributed by atoms with Gasteiger partial charge in [-0.05, 0) is 28.9 Å². The fraction of sp³-hybridized carbons (Fsp3) is 0.286. The van der Waals surface area contributed by atoms with Crippen LogP contribution in [-0.2, 0) is 0 Å². The van der Waals surface area contributed by atoms with Crippen LogP contribution in [0.15, 0.2) is 42.5 Å². The minimum Gasteiger partial charge on any atom is -0.387 e. The zero-order chi connectivity index (χ0) is 11.4. The molecule has 0 aliphatic carbocycles. The van der Waals surface area contributed by atoms with Gasteiger partial charge < -0.3 is 10.4 Å². The molecule has 84 valence electrons. The van der Waals surface area contributed by atoms with Crippen LogP contribution in [0.25, 0.3) is 10.8 Å². The number of fused-ring (bicyclic) bond motifs is 1. The van der Waals surface area contributed by atoms with Gasteiger partial charge in [-0.1, -0.05) is 43.3 Å². The summed E-state index contributed by atoms with van der Waals surface area (Å²) in [7, 11) is 0. The molecule has 1 unspecified atom stereocenters. The van der Waals surface area contributed by atoms with E-state index >= 15 is 0 Å². The maximum Gasteiger partial charge on any atom is 0.0914 e. The lowest BCUT2D eigenvalue weighted by Gasteiger charge is -2.12. The van der Waals surface area contributed by atoms with Gasteiger partial charge in [0, 0.05) is 6.54 Å². The molecule has 0 amide bonds. The Kier molecular flexibility index (Phi) is 3.54. The molecule has 0 heterocycles. The molecule has 0 saturated carbocycles. The number of aliphatic hydroxyl groups excluding tert-OH is 1. The van der Waals surface area contributed by atoms with Crippen molar-refractivity contribution in [2.45, 2.75) is 13.0 Å². The quantitative estimate of drug-likeness (QED) is 0.821. The van der Waals surface area contributed by atoms with Crippen LogP contribution in [0.3, 0.4) is 0 Å². The van der Waals surface area contributed by atoms with Crippen molar-refractivity contribution in [1.29, 1.82) is 0 Å². The number of benzene rings is 2. The van der Waals surface area contributed by atoms with E-state index in [1.54, 1.807) is 0 Å². The number of rotatable bonds is 4. The highest BCUT2D eigenvalue weighted by Crippen LogP contribution is 2.19. The van der Waals surface area contributed by atoms with E-state index in [-0.39, 0.29) is 0 Å². The van der Waals surface area contributed by atoms with Crippen LogP contribution in [0.2, 0.25) is 0 Å². The molecule has 0 radical (unpaired) electrons. The topological polar surface area (TPSA) is 32.3 Å². The van der Waals surface area contributed by atoms with Gasteiger partial charge in [0.2, 0.25) is 0 Å². The van der Waals surface area contributed by atoms with E-state index in [2.05, 4.69) is 29.6 Å². The largest absolute Gasteiger partial charge is 0.387 e. The predicted molar refractivity (Wildman–Crippen MR) is 67.5 cm³/mol. The Hall–Kier alpha value is -1.38. The summed E-state index contributed by atoms with van der Waals surface area (Å²) in [5.74, 6) is 0. The van der Waals surface area contributed by atoms with Crippen LogP contribution in [-0.4, -0.2) is 18.2 Å². The second kappa shape index (κ2) is 5.10. The van der Waals surface area contributed by atoms with Gasteiger partial charge in [-0.15, -0.1) is 0 Å². The number of likely N-dealkylation sites (N-methyl/N-ethyl adjacent to an activating group) is 1. The summed E-state index contributed by atoms with van der Waals surface area (Å²) in [5, 5.41) is 15.5. The van der Waals surface area contributed by atoms with Crippen molar-refractivity contribution in [3.8, 4) is 0 Å². The predicted octanol–water partition coefficient (Wildman–Crippen LogP) is 2.48. The summed E-state index contributed by atoms with van der Waals surface area (Å²) in [6.07, 6.45) is -0.426. The number of hydrogen-bond acceptors (Lipinski definition) is 2. The van der Waals surface area contributed by atoms with E-state index in [9.17, 15) is 5.11 Å². The number of nitrogens with one attached hydrogen (secondary N) is 1. The first-order valence-corrected chi connectivity index (χ1v) is 5.68. The Bertz CT molecular complexity index is 467. The van der Waals surface area contributed by atoms with E-state index in [4.69, 9.17) is 0 Å². The van der Waals surface area contributed by atoms with E-state index in [1.165, 1.54) is 10.8 Å². The van der Waals surface area contributed by atoms with Crippen LogP contribution >= 0.6 is 0 Å². The van der Waals surface area contributed by atoms with Crippen molar-refractivity contribution in [3.05, 3.63) is 48.0 Å². The third-order valence-electron chi connectivity index (χ3n) is 2.75. The average molecular weight is 215 g/mol. The molecule has 16 heavy (non-hydrogen) atoms. The molecule has 2 nitrogen and oxygen atoms in total. The zero-order valence-electron chi connectivity index (χ0n) is 9.48. The highest BCUT2D eigenvalue weighted by molar-refractivity contribution is 5.83. The molecule has 0 fully saturated rings. The van der Waals surface area contributed by atoms with Gasteiger partial charge in [-0.25, -0.2) is 0 Å². The molecule has 0 spiro atoms. The van der Waals surface area contributed by atoms with E-state index in [1.807, 2.05) is 25.1 Å². The SMILES string of the molecule is CCNCC(O)c1ccc2ccccc2c1. The van der Waals surface area contributed by atoms with Crippen molar-refractivity contribution in [2.75, 3.05) is 13.1 Å². The monoisotopic (exact) mass is 215 g/mol. The van der Waals surface area contributed by atoms with E-state index in [0.29, 0.717) is 6.54 Å². The number of hydrogen-bond donors (Lipinski definition) is 2. The average Bonchev–Trinajstić information content (AvgIpc) is 2.35. The van der Waals surface area contributed by atoms with Crippen molar-refractivity contribution in [3.63, 3.8) is 0 Å². The van der Waals surface area contributed by atoms with Crippen LogP contribution in [0.1, 0.15) is 18.6 Å². The molecular formula is C14H17NO. The fourth-order valence-electron chi connectivity index (χ4n) is 1.81. The van der Waals surface area contributed by atoms with Gasteiger partial charge in [0.15, 0.2) is 0 Å².